The van der Waals surface area contributed by atoms with Gasteiger partial charge in [-0.15, -0.1) is 0 Å². The Kier molecular flexibility index (Phi) is 6.76. The number of benzene rings is 3. The Labute approximate surface area is 186 Å². The summed E-state index contributed by atoms with van der Waals surface area (Å²) < 4.78 is 11.6. The molecule has 3 rings (SSSR count). The summed E-state index contributed by atoms with van der Waals surface area (Å²) in [7, 11) is 1.42. The number of phenols is 1. The molecule has 0 fully saturated rings. The first-order chi connectivity index (χ1) is 13.9. The van der Waals surface area contributed by atoms with Crippen LogP contribution in [0.25, 0.3) is 0 Å². The molecule has 0 aliphatic rings. The molecule has 0 radical (unpaired) electrons. The number of phenolic OH excluding ortho intramolecular Hbond substituents is 1. The first-order valence-corrected chi connectivity index (χ1v) is 9.98. The van der Waals surface area contributed by atoms with Crippen LogP contribution >= 0.6 is 34.2 Å². The lowest BCUT2D eigenvalue weighted by atomic mass is 10.0. The van der Waals surface area contributed by atoms with E-state index < -0.39 is 0 Å². The standard InChI is InChI=1S/C22H16ClIO5/c1-28-20-10-16(22(27)15-4-2-3-5-17(15)24)18(25)11-21(20)29-12-19(26)13-6-8-14(23)9-7-13/h2-11,25H,12H2,1H3. The Hall–Kier alpha value is -2.58. The van der Waals surface area contributed by atoms with E-state index in [0.29, 0.717) is 16.1 Å². The first kappa shape index (κ1) is 21.1. The molecule has 0 atom stereocenters. The smallest absolute Gasteiger partial charge is 0.200 e. The largest absolute Gasteiger partial charge is 0.507 e. The van der Waals surface area contributed by atoms with Crippen LogP contribution in [0.15, 0.2) is 60.7 Å². The molecule has 0 saturated carbocycles. The van der Waals surface area contributed by atoms with Crippen LogP contribution in [0, 0.1) is 3.57 Å². The number of hydrogen-bond acceptors (Lipinski definition) is 5. The van der Waals surface area contributed by atoms with Crippen molar-refractivity contribution >= 4 is 45.8 Å². The third-order valence-corrected chi connectivity index (χ3v) is 5.36. The monoisotopic (exact) mass is 522 g/mol. The van der Waals surface area contributed by atoms with E-state index in [1.165, 1.54) is 19.2 Å². The number of methoxy groups -OCH3 is 1. The summed E-state index contributed by atoms with van der Waals surface area (Å²) in [4.78, 5) is 25.1. The minimum atomic E-state index is -0.338. The molecule has 0 bridgehead atoms. The molecule has 148 valence electrons. The number of ketones is 2. The molecule has 0 unspecified atom stereocenters. The van der Waals surface area contributed by atoms with Gasteiger partial charge in [-0.1, -0.05) is 23.7 Å². The van der Waals surface area contributed by atoms with Gasteiger partial charge in [0.25, 0.3) is 0 Å². The first-order valence-electron chi connectivity index (χ1n) is 8.52. The van der Waals surface area contributed by atoms with Gasteiger partial charge >= 0.3 is 0 Å². The number of carbonyl (C=O) groups excluding carboxylic acids is 2. The molecule has 1 N–H and O–H groups in total. The summed E-state index contributed by atoms with van der Waals surface area (Å²) in [6.07, 6.45) is 0. The maximum absolute atomic E-state index is 12.8. The van der Waals surface area contributed by atoms with E-state index in [9.17, 15) is 14.7 Å². The number of Topliss-reactive ketones (excluding diaryl/α,β-unsaturated/α-hetero) is 1. The highest BCUT2D eigenvalue weighted by Crippen LogP contribution is 2.36. The topological polar surface area (TPSA) is 72.8 Å². The van der Waals surface area contributed by atoms with Crippen molar-refractivity contribution in [2.75, 3.05) is 13.7 Å². The van der Waals surface area contributed by atoms with Gasteiger partial charge in [0.15, 0.2) is 29.7 Å². The van der Waals surface area contributed by atoms with Crippen LogP contribution in [0.1, 0.15) is 26.3 Å². The van der Waals surface area contributed by atoms with Gasteiger partial charge in [0, 0.05) is 25.8 Å². The van der Waals surface area contributed by atoms with Crippen LogP contribution in [0.3, 0.4) is 0 Å². The van der Waals surface area contributed by atoms with Crippen LogP contribution in [0.2, 0.25) is 5.02 Å². The molecule has 3 aromatic rings. The van der Waals surface area contributed by atoms with Crippen LogP contribution in [-0.4, -0.2) is 30.4 Å². The number of aromatic hydroxyl groups is 1. The number of hydrogen-bond donors (Lipinski definition) is 1. The summed E-state index contributed by atoms with van der Waals surface area (Å²) >= 11 is 7.89. The van der Waals surface area contributed by atoms with Gasteiger partial charge < -0.3 is 14.6 Å². The van der Waals surface area contributed by atoms with Crippen LogP contribution in [0.4, 0.5) is 0 Å². The highest BCUT2D eigenvalue weighted by molar-refractivity contribution is 14.1. The van der Waals surface area contributed by atoms with Crippen molar-refractivity contribution in [2.45, 2.75) is 0 Å². The van der Waals surface area contributed by atoms with Crippen LogP contribution < -0.4 is 9.47 Å². The third-order valence-electron chi connectivity index (χ3n) is 4.17. The second-order valence-electron chi connectivity index (χ2n) is 6.05. The van der Waals surface area contributed by atoms with Gasteiger partial charge in [-0.3, -0.25) is 9.59 Å². The average Bonchev–Trinajstić information content (AvgIpc) is 2.72. The van der Waals surface area contributed by atoms with E-state index in [-0.39, 0.29) is 41.0 Å². The Morgan fingerprint density at radius 3 is 2.34 bits per heavy atom. The fourth-order valence-electron chi connectivity index (χ4n) is 2.66. The Bertz CT molecular complexity index is 1060. The van der Waals surface area contributed by atoms with Crippen molar-refractivity contribution in [3.63, 3.8) is 0 Å². The fourth-order valence-corrected chi connectivity index (χ4v) is 3.41. The second-order valence-corrected chi connectivity index (χ2v) is 7.65. The maximum atomic E-state index is 12.8. The van der Waals surface area contributed by atoms with E-state index in [0.717, 1.165) is 3.57 Å². The van der Waals surface area contributed by atoms with Gasteiger partial charge in [-0.25, -0.2) is 0 Å². The summed E-state index contributed by atoms with van der Waals surface area (Å²) in [5.74, 6) is -0.464. The van der Waals surface area contributed by atoms with Crippen molar-refractivity contribution in [1.82, 2.24) is 0 Å². The minimum Gasteiger partial charge on any atom is -0.507 e. The summed E-state index contributed by atoms with van der Waals surface area (Å²) in [6.45, 7) is -0.263. The number of rotatable bonds is 7. The number of ether oxygens (including phenoxy) is 2. The Balaban J connectivity index is 1.83. The Morgan fingerprint density at radius 1 is 1.00 bits per heavy atom. The van der Waals surface area contributed by atoms with E-state index in [4.69, 9.17) is 21.1 Å². The van der Waals surface area contributed by atoms with Crippen molar-refractivity contribution in [2.24, 2.45) is 0 Å². The molecular formula is C22H16ClIO5. The molecule has 0 aliphatic carbocycles. The lowest BCUT2D eigenvalue weighted by Gasteiger charge is -2.13. The maximum Gasteiger partial charge on any atom is 0.200 e. The number of carbonyl (C=O) groups is 2. The van der Waals surface area contributed by atoms with Gasteiger partial charge in [-0.2, -0.15) is 0 Å². The normalized spacial score (nSPS) is 10.4. The third kappa shape index (κ3) is 4.89. The quantitative estimate of drug-likeness (QED) is 0.343. The molecule has 7 heteroatoms. The predicted molar refractivity (Wildman–Crippen MR) is 119 cm³/mol. The van der Waals surface area contributed by atoms with Crippen molar-refractivity contribution in [3.05, 3.63) is 85.9 Å². The zero-order chi connectivity index (χ0) is 21.0. The van der Waals surface area contributed by atoms with Crippen molar-refractivity contribution < 1.29 is 24.2 Å². The molecule has 0 aliphatic heterocycles. The SMILES string of the molecule is COc1cc(C(=O)c2ccccc2I)c(O)cc1OCC(=O)c1ccc(Cl)cc1. The van der Waals surface area contributed by atoms with Gasteiger partial charge in [-0.05, 0) is 65.1 Å². The number of halogens is 2. The van der Waals surface area contributed by atoms with Crippen molar-refractivity contribution in [1.29, 1.82) is 0 Å². The highest BCUT2D eigenvalue weighted by atomic mass is 127. The molecule has 0 amide bonds. The van der Waals surface area contributed by atoms with E-state index >= 15 is 0 Å². The molecule has 29 heavy (non-hydrogen) atoms. The Morgan fingerprint density at radius 2 is 1.69 bits per heavy atom. The van der Waals surface area contributed by atoms with Crippen LogP contribution in [0.5, 0.6) is 17.2 Å². The molecule has 0 saturated heterocycles. The van der Waals surface area contributed by atoms with E-state index in [2.05, 4.69) is 22.6 Å². The predicted octanol–water partition coefficient (Wildman–Crippen LogP) is 5.15. The summed E-state index contributed by atoms with van der Waals surface area (Å²) in [5.41, 5.74) is 1.00. The molecule has 0 heterocycles. The molecule has 3 aromatic carbocycles. The second kappa shape index (κ2) is 9.28. The fraction of sp³-hybridized carbons (Fsp3) is 0.0909. The summed E-state index contributed by atoms with van der Waals surface area (Å²) in [6, 6.07) is 16.2. The van der Waals surface area contributed by atoms with E-state index in [1.54, 1.807) is 36.4 Å². The molecule has 5 nitrogen and oxygen atoms in total. The van der Waals surface area contributed by atoms with Gasteiger partial charge in [0.2, 0.25) is 0 Å². The van der Waals surface area contributed by atoms with Crippen molar-refractivity contribution in [3.8, 4) is 17.2 Å². The zero-order valence-corrected chi connectivity index (χ0v) is 18.2. The van der Waals surface area contributed by atoms with Gasteiger partial charge in [0.05, 0.1) is 12.7 Å². The van der Waals surface area contributed by atoms with E-state index in [1.807, 2.05) is 12.1 Å². The summed E-state index contributed by atoms with van der Waals surface area (Å²) in [5, 5.41) is 10.9. The lowest BCUT2D eigenvalue weighted by molar-refractivity contribution is 0.0918. The van der Waals surface area contributed by atoms with Crippen LogP contribution in [-0.2, 0) is 0 Å². The average molecular weight is 523 g/mol. The minimum absolute atomic E-state index is 0.0855. The zero-order valence-electron chi connectivity index (χ0n) is 15.3. The molecule has 0 spiro atoms. The van der Waals surface area contributed by atoms with Gasteiger partial charge in [0.1, 0.15) is 5.75 Å². The molecule has 0 aromatic heterocycles. The highest BCUT2D eigenvalue weighted by Gasteiger charge is 2.20. The lowest BCUT2D eigenvalue weighted by Crippen LogP contribution is -2.12. The molecular weight excluding hydrogens is 507 g/mol.